The van der Waals surface area contributed by atoms with Gasteiger partial charge in [-0.3, -0.25) is 14.2 Å². The predicted molar refractivity (Wildman–Crippen MR) is 118 cm³/mol. The molecule has 0 radical (unpaired) electrons. The number of oxazole rings is 1. The number of rotatable bonds is 7. The van der Waals surface area contributed by atoms with Crippen LogP contribution < -0.4 is 21.5 Å². The first-order chi connectivity index (χ1) is 15.0. The first kappa shape index (κ1) is 20.6. The number of hydrogen-bond donors (Lipinski definition) is 2. The molecule has 0 bridgehead atoms. The number of primary amides is 1. The number of piperidine rings is 1. The number of carbonyl (C=O) groups excluding carboxylic acids is 1. The van der Waals surface area contributed by atoms with Crippen molar-refractivity contribution >= 4 is 17.5 Å². The van der Waals surface area contributed by atoms with Crippen LogP contribution in [-0.4, -0.2) is 33.5 Å². The summed E-state index contributed by atoms with van der Waals surface area (Å²) in [4.78, 5) is 35.8. The average Bonchev–Trinajstić information content (AvgIpc) is 3.28. The zero-order valence-electron chi connectivity index (χ0n) is 17.5. The van der Waals surface area contributed by atoms with Gasteiger partial charge in [0.05, 0.1) is 6.20 Å². The number of carbonyl (C=O) groups is 1. The van der Waals surface area contributed by atoms with Crippen LogP contribution in [0.3, 0.4) is 0 Å². The molecule has 3 heterocycles. The lowest BCUT2D eigenvalue weighted by molar-refractivity contribution is -0.118. The molecule has 9 heteroatoms. The number of hydrogen-bond acceptors (Lipinski definition) is 7. The van der Waals surface area contributed by atoms with Crippen LogP contribution >= 0.6 is 0 Å². The molecule has 0 aliphatic carbocycles. The second-order valence-corrected chi connectivity index (χ2v) is 7.68. The molecule has 0 saturated carbocycles. The summed E-state index contributed by atoms with van der Waals surface area (Å²) in [6, 6.07) is 9.32. The highest BCUT2D eigenvalue weighted by Crippen LogP contribution is 2.23. The molecule has 1 aliphatic heterocycles. The fourth-order valence-electron chi connectivity index (χ4n) is 3.75. The number of amides is 1. The molecule has 1 unspecified atom stereocenters. The average molecular weight is 422 g/mol. The van der Waals surface area contributed by atoms with E-state index >= 15 is 0 Å². The highest BCUT2D eigenvalue weighted by Gasteiger charge is 2.21. The van der Waals surface area contributed by atoms with Gasteiger partial charge in [-0.1, -0.05) is 30.3 Å². The standard InChI is InChI=1S/C22H26N6O3/c1-15(20-26-18(14-31-20)16-8-4-2-5-9-16)25-17-12-24-22(27-10-6-3-7-11-27)28(21(17)30)13-19(23)29/h2,4-5,8-9,12,14-15,25H,3,6-7,10-11,13H2,1H3,(H2,23,29). The van der Waals surface area contributed by atoms with Crippen LogP contribution in [0.5, 0.6) is 0 Å². The molecule has 162 valence electrons. The Kier molecular flexibility index (Phi) is 6.01. The molecule has 9 nitrogen and oxygen atoms in total. The van der Waals surface area contributed by atoms with Crippen LogP contribution in [0, 0.1) is 0 Å². The van der Waals surface area contributed by atoms with Crippen LogP contribution in [0.4, 0.5) is 11.6 Å². The summed E-state index contributed by atoms with van der Waals surface area (Å²) >= 11 is 0. The van der Waals surface area contributed by atoms with Crippen molar-refractivity contribution in [2.75, 3.05) is 23.3 Å². The van der Waals surface area contributed by atoms with Crippen molar-refractivity contribution in [3.63, 3.8) is 0 Å². The van der Waals surface area contributed by atoms with Crippen molar-refractivity contribution in [1.29, 1.82) is 0 Å². The maximum absolute atomic E-state index is 13.1. The number of nitrogens with two attached hydrogens (primary N) is 1. The highest BCUT2D eigenvalue weighted by atomic mass is 16.3. The Morgan fingerprint density at radius 1 is 1.23 bits per heavy atom. The van der Waals surface area contributed by atoms with Gasteiger partial charge < -0.3 is 20.4 Å². The van der Waals surface area contributed by atoms with E-state index < -0.39 is 5.91 Å². The van der Waals surface area contributed by atoms with Crippen molar-refractivity contribution in [3.05, 3.63) is 59.0 Å². The van der Waals surface area contributed by atoms with Crippen molar-refractivity contribution in [1.82, 2.24) is 14.5 Å². The largest absolute Gasteiger partial charge is 0.446 e. The normalized spacial score (nSPS) is 14.9. The number of aromatic nitrogens is 3. The van der Waals surface area contributed by atoms with Gasteiger partial charge in [0.2, 0.25) is 17.7 Å². The minimum Gasteiger partial charge on any atom is -0.446 e. The van der Waals surface area contributed by atoms with Gasteiger partial charge in [0.25, 0.3) is 5.56 Å². The third-order valence-electron chi connectivity index (χ3n) is 5.31. The number of nitrogens with one attached hydrogen (secondary N) is 1. The summed E-state index contributed by atoms with van der Waals surface area (Å²) in [5, 5.41) is 3.11. The van der Waals surface area contributed by atoms with E-state index in [0.717, 1.165) is 37.9 Å². The summed E-state index contributed by atoms with van der Waals surface area (Å²) in [6.45, 7) is 3.22. The highest BCUT2D eigenvalue weighted by molar-refractivity contribution is 5.74. The van der Waals surface area contributed by atoms with E-state index in [0.29, 0.717) is 17.5 Å². The van der Waals surface area contributed by atoms with E-state index in [9.17, 15) is 9.59 Å². The van der Waals surface area contributed by atoms with Crippen molar-refractivity contribution in [2.24, 2.45) is 5.73 Å². The maximum atomic E-state index is 13.1. The maximum Gasteiger partial charge on any atom is 0.278 e. The van der Waals surface area contributed by atoms with Crippen LogP contribution in [0.2, 0.25) is 0 Å². The fourth-order valence-corrected chi connectivity index (χ4v) is 3.75. The van der Waals surface area contributed by atoms with Crippen LogP contribution in [0.25, 0.3) is 11.3 Å². The second kappa shape index (κ2) is 9.03. The molecule has 31 heavy (non-hydrogen) atoms. The summed E-state index contributed by atoms with van der Waals surface area (Å²) in [5.41, 5.74) is 6.97. The Labute approximate surface area is 179 Å². The van der Waals surface area contributed by atoms with Gasteiger partial charge in [0.15, 0.2) is 0 Å². The molecule has 1 fully saturated rings. The van der Waals surface area contributed by atoms with Gasteiger partial charge in [-0.05, 0) is 26.2 Å². The number of anilines is 2. The van der Waals surface area contributed by atoms with Gasteiger partial charge in [-0.15, -0.1) is 0 Å². The molecular formula is C22H26N6O3. The topological polar surface area (TPSA) is 119 Å². The van der Waals surface area contributed by atoms with Crippen LogP contribution in [0.1, 0.15) is 38.1 Å². The van der Waals surface area contributed by atoms with Crippen molar-refractivity contribution < 1.29 is 9.21 Å². The Morgan fingerprint density at radius 2 is 1.97 bits per heavy atom. The minimum atomic E-state index is -0.590. The lowest BCUT2D eigenvalue weighted by Gasteiger charge is -2.29. The molecule has 1 amide bonds. The summed E-state index contributed by atoms with van der Waals surface area (Å²) < 4.78 is 6.96. The predicted octanol–water partition coefficient (Wildman–Crippen LogP) is 2.55. The van der Waals surface area contributed by atoms with Gasteiger partial charge in [0.1, 0.15) is 30.2 Å². The SMILES string of the molecule is CC(Nc1cnc(N2CCCCC2)n(CC(N)=O)c1=O)c1nc(-c2ccccc2)co1. The second-order valence-electron chi connectivity index (χ2n) is 7.68. The third-order valence-corrected chi connectivity index (χ3v) is 5.31. The van der Waals surface area contributed by atoms with E-state index in [1.165, 1.54) is 10.8 Å². The van der Waals surface area contributed by atoms with E-state index in [1.54, 1.807) is 6.26 Å². The van der Waals surface area contributed by atoms with Crippen molar-refractivity contribution in [2.45, 2.75) is 38.8 Å². The Morgan fingerprint density at radius 3 is 2.68 bits per heavy atom. The van der Waals surface area contributed by atoms with Crippen LogP contribution in [-0.2, 0) is 11.3 Å². The first-order valence-electron chi connectivity index (χ1n) is 10.4. The Hall–Kier alpha value is -3.62. The minimum absolute atomic E-state index is 0.223. The first-order valence-corrected chi connectivity index (χ1v) is 10.4. The van der Waals surface area contributed by atoms with E-state index in [1.807, 2.05) is 42.2 Å². The van der Waals surface area contributed by atoms with Gasteiger partial charge in [0, 0.05) is 18.7 Å². The van der Waals surface area contributed by atoms with Gasteiger partial charge >= 0.3 is 0 Å². The molecule has 3 aromatic rings. The van der Waals surface area contributed by atoms with Crippen LogP contribution in [0.15, 0.2) is 52.0 Å². The van der Waals surface area contributed by atoms with Gasteiger partial charge in [-0.25, -0.2) is 9.97 Å². The monoisotopic (exact) mass is 422 g/mol. The smallest absolute Gasteiger partial charge is 0.278 e. The van der Waals surface area contributed by atoms with E-state index in [4.69, 9.17) is 10.2 Å². The fraction of sp³-hybridized carbons (Fsp3) is 0.364. The molecule has 1 aromatic carbocycles. The molecule has 1 saturated heterocycles. The lowest BCUT2D eigenvalue weighted by atomic mass is 10.1. The molecule has 1 aliphatic rings. The number of nitrogens with zero attached hydrogens (tertiary/aromatic N) is 4. The third kappa shape index (κ3) is 4.60. The van der Waals surface area contributed by atoms with E-state index in [2.05, 4.69) is 15.3 Å². The summed E-state index contributed by atoms with van der Waals surface area (Å²) in [5.74, 6) is 0.330. The molecule has 0 spiro atoms. The lowest BCUT2D eigenvalue weighted by Crippen LogP contribution is -2.39. The molecule has 1 atom stereocenters. The summed E-state index contributed by atoms with van der Waals surface area (Å²) in [6.07, 6.45) is 6.29. The zero-order valence-corrected chi connectivity index (χ0v) is 17.5. The summed E-state index contributed by atoms with van der Waals surface area (Å²) in [7, 11) is 0. The molecular weight excluding hydrogens is 396 g/mol. The zero-order chi connectivity index (χ0) is 21.8. The van der Waals surface area contributed by atoms with E-state index in [-0.39, 0.29) is 23.8 Å². The van der Waals surface area contributed by atoms with Gasteiger partial charge in [-0.2, -0.15) is 0 Å². The van der Waals surface area contributed by atoms with Crippen molar-refractivity contribution in [3.8, 4) is 11.3 Å². The quantitative estimate of drug-likeness (QED) is 0.600. The molecule has 2 aromatic heterocycles. The Bertz CT molecular complexity index is 1100. The number of benzene rings is 1. The molecule has 3 N–H and O–H groups in total. The Balaban J connectivity index is 1.58. The molecule has 4 rings (SSSR count).